The van der Waals surface area contributed by atoms with E-state index in [9.17, 15) is 9.59 Å². The van der Waals surface area contributed by atoms with Gasteiger partial charge in [-0.15, -0.1) is 0 Å². The quantitative estimate of drug-likeness (QED) is 0.236. The Hall–Kier alpha value is -2.58. The van der Waals surface area contributed by atoms with Crippen LogP contribution in [0.15, 0.2) is 42.5 Å². The summed E-state index contributed by atoms with van der Waals surface area (Å²) in [6.07, 6.45) is 5.49. The number of amides is 2. The van der Waals surface area contributed by atoms with Gasteiger partial charge in [-0.1, -0.05) is 36.5 Å². The molecule has 1 aromatic rings. The molecule has 1 rings (SSSR count). The molecule has 0 heterocycles. The second-order valence-corrected chi connectivity index (χ2v) is 4.61. The van der Waals surface area contributed by atoms with Crippen LogP contribution in [0.25, 0.3) is 0 Å². The van der Waals surface area contributed by atoms with Crippen molar-refractivity contribution in [3.8, 4) is 11.8 Å². The first-order valence-electron chi connectivity index (χ1n) is 7.16. The Morgan fingerprint density at radius 1 is 1.14 bits per heavy atom. The average Bonchev–Trinajstić information content (AvgIpc) is 2.55. The van der Waals surface area contributed by atoms with Gasteiger partial charge in [-0.2, -0.15) is 0 Å². The molecule has 0 radical (unpaired) electrons. The molecule has 5 nitrogen and oxygen atoms in total. The van der Waals surface area contributed by atoms with Gasteiger partial charge in [0.25, 0.3) is 0 Å². The van der Waals surface area contributed by atoms with Crippen molar-refractivity contribution in [3.05, 3.63) is 48.0 Å². The Bertz CT molecular complexity index is 556. The van der Waals surface area contributed by atoms with Crippen molar-refractivity contribution in [2.75, 3.05) is 6.54 Å². The maximum absolute atomic E-state index is 11.5. The minimum Gasteiger partial charge on any atom is -0.353 e. The lowest BCUT2D eigenvalue weighted by Gasteiger charge is -2.01. The fourth-order valence-electron chi connectivity index (χ4n) is 1.68. The van der Waals surface area contributed by atoms with Crippen molar-refractivity contribution in [3.63, 3.8) is 0 Å². The second-order valence-electron chi connectivity index (χ2n) is 4.61. The van der Waals surface area contributed by atoms with Crippen LogP contribution in [0.5, 0.6) is 0 Å². The van der Waals surface area contributed by atoms with E-state index >= 15 is 0 Å². The molecule has 1 aromatic carbocycles. The number of hydrogen-bond acceptors (Lipinski definition) is 3. The normalized spacial score (nSPS) is 9.86. The molecule has 0 spiro atoms. The lowest BCUT2D eigenvalue weighted by molar-refractivity contribution is -0.129. The van der Waals surface area contributed by atoms with Gasteiger partial charge >= 0.3 is 0 Å². The summed E-state index contributed by atoms with van der Waals surface area (Å²) in [5.74, 6) is 5.16. The number of unbranched alkanes of at least 4 members (excludes halogenated alkanes) is 2. The molecule has 0 atom stereocenters. The number of nitrogens with one attached hydrogen (secondary N) is 2. The highest BCUT2D eigenvalue weighted by Gasteiger charge is 1.98. The summed E-state index contributed by atoms with van der Waals surface area (Å²) in [4.78, 5) is 22.2. The Labute approximate surface area is 130 Å². The van der Waals surface area contributed by atoms with Gasteiger partial charge in [-0.05, 0) is 31.1 Å². The molecule has 0 bridgehead atoms. The van der Waals surface area contributed by atoms with E-state index < -0.39 is 0 Å². The summed E-state index contributed by atoms with van der Waals surface area (Å²) in [6, 6.07) is 9.54. The largest absolute Gasteiger partial charge is 0.353 e. The highest BCUT2D eigenvalue weighted by Crippen LogP contribution is 1.98. The predicted molar refractivity (Wildman–Crippen MR) is 83.9 cm³/mol. The van der Waals surface area contributed by atoms with E-state index in [-0.39, 0.29) is 11.8 Å². The molecule has 116 valence electrons. The van der Waals surface area contributed by atoms with Crippen molar-refractivity contribution >= 4 is 11.8 Å². The van der Waals surface area contributed by atoms with Gasteiger partial charge in [0.2, 0.25) is 11.8 Å². The first-order valence-corrected chi connectivity index (χ1v) is 7.16. The highest BCUT2D eigenvalue weighted by molar-refractivity contribution is 5.87. The first-order chi connectivity index (χ1) is 10.7. The molecule has 0 aromatic heterocycles. The van der Waals surface area contributed by atoms with E-state index in [1.54, 1.807) is 5.48 Å². The second kappa shape index (κ2) is 11.1. The standard InChI is InChI=1S/C17H20N2O3/c20-16(18-14-8-2-5-13-17(21)19-22)12-7-6-11-15-9-3-1-4-10-15/h1,3-4,7,9-10,12,22H,2,5,8,13-14H2,(H,18,20)(H,19,21). The molecule has 3 N–H and O–H groups in total. The third kappa shape index (κ3) is 8.56. The Balaban J connectivity index is 2.12. The van der Waals surface area contributed by atoms with Gasteiger partial charge < -0.3 is 5.32 Å². The van der Waals surface area contributed by atoms with Crippen molar-refractivity contribution in [1.82, 2.24) is 10.8 Å². The summed E-state index contributed by atoms with van der Waals surface area (Å²) in [6.45, 7) is 0.552. The van der Waals surface area contributed by atoms with Gasteiger partial charge in [-0.25, -0.2) is 5.48 Å². The summed E-state index contributed by atoms with van der Waals surface area (Å²) in [5.41, 5.74) is 2.49. The number of hydrogen-bond donors (Lipinski definition) is 3. The number of allylic oxidation sites excluding steroid dienone is 1. The topological polar surface area (TPSA) is 78.4 Å². The van der Waals surface area contributed by atoms with Crippen LogP contribution in [0.2, 0.25) is 0 Å². The van der Waals surface area contributed by atoms with Crippen LogP contribution in [-0.2, 0) is 9.59 Å². The zero-order valence-corrected chi connectivity index (χ0v) is 12.3. The van der Waals surface area contributed by atoms with Gasteiger partial charge in [0, 0.05) is 24.6 Å². The highest BCUT2D eigenvalue weighted by atomic mass is 16.5. The fraction of sp³-hybridized carbons (Fsp3) is 0.294. The van der Waals surface area contributed by atoms with E-state index in [1.165, 1.54) is 12.2 Å². The lowest BCUT2D eigenvalue weighted by atomic mass is 10.2. The number of rotatable bonds is 7. The third-order valence-electron chi connectivity index (χ3n) is 2.81. The lowest BCUT2D eigenvalue weighted by Crippen LogP contribution is -2.22. The fourth-order valence-corrected chi connectivity index (χ4v) is 1.68. The zero-order chi connectivity index (χ0) is 16.0. The van der Waals surface area contributed by atoms with E-state index in [2.05, 4.69) is 17.2 Å². The van der Waals surface area contributed by atoms with Crippen LogP contribution < -0.4 is 10.8 Å². The molecule has 0 fully saturated rings. The Kier molecular flexibility index (Phi) is 8.83. The molecule has 22 heavy (non-hydrogen) atoms. The molecule has 0 aliphatic heterocycles. The van der Waals surface area contributed by atoms with Gasteiger partial charge in [0.1, 0.15) is 0 Å². The van der Waals surface area contributed by atoms with Crippen molar-refractivity contribution in [1.29, 1.82) is 0 Å². The average molecular weight is 300 g/mol. The van der Waals surface area contributed by atoms with E-state index in [0.717, 1.165) is 18.4 Å². The summed E-state index contributed by atoms with van der Waals surface area (Å²) in [5, 5.41) is 11.1. The summed E-state index contributed by atoms with van der Waals surface area (Å²) >= 11 is 0. The molecular formula is C17H20N2O3. The maximum Gasteiger partial charge on any atom is 0.244 e. The Morgan fingerprint density at radius 3 is 2.64 bits per heavy atom. The van der Waals surface area contributed by atoms with Crippen LogP contribution >= 0.6 is 0 Å². The van der Waals surface area contributed by atoms with Crippen molar-refractivity contribution in [2.45, 2.75) is 25.7 Å². The van der Waals surface area contributed by atoms with Gasteiger partial charge in [0.05, 0.1) is 0 Å². The van der Waals surface area contributed by atoms with E-state index in [4.69, 9.17) is 5.21 Å². The predicted octanol–water partition coefficient (Wildman–Crippen LogP) is 1.78. The van der Waals surface area contributed by atoms with Crippen molar-refractivity contribution in [2.24, 2.45) is 0 Å². The number of hydroxylamine groups is 1. The molecule has 0 aliphatic carbocycles. The molecule has 0 aliphatic rings. The van der Waals surface area contributed by atoms with E-state index in [1.807, 2.05) is 30.3 Å². The molecule has 0 saturated heterocycles. The van der Waals surface area contributed by atoms with E-state index in [0.29, 0.717) is 19.4 Å². The molecule has 0 saturated carbocycles. The molecular weight excluding hydrogens is 280 g/mol. The van der Waals surface area contributed by atoms with Crippen LogP contribution in [-0.4, -0.2) is 23.6 Å². The molecule has 2 amide bonds. The number of benzene rings is 1. The maximum atomic E-state index is 11.5. The zero-order valence-electron chi connectivity index (χ0n) is 12.3. The van der Waals surface area contributed by atoms with Crippen LogP contribution in [0.3, 0.4) is 0 Å². The van der Waals surface area contributed by atoms with Crippen LogP contribution in [0.4, 0.5) is 0 Å². The van der Waals surface area contributed by atoms with Gasteiger partial charge in [-0.3, -0.25) is 14.8 Å². The first kappa shape index (κ1) is 17.5. The monoisotopic (exact) mass is 300 g/mol. The van der Waals surface area contributed by atoms with Crippen molar-refractivity contribution < 1.29 is 14.8 Å². The smallest absolute Gasteiger partial charge is 0.244 e. The third-order valence-corrected chi connectivity index (χ3v) is 2.81. The number of carbonyl (C=O) groups is 2. The molecule has 5 heteroatoms. The summed E-state index contributed by atoms with van der Waals surface area (Å²) in [7, 11) is 0. The molecule has 0 unspecified atom stereocenters. The SMILES string of the molecule is O=C(C=CC#Cc1ccccc1)NCCCCCC(=O)NO. The number of carbonyl (C=O) groups excluding carboxylic acids is 2. The van der Waals surface area contributed by atoms with Gasteiger partial charge in [0.15, 0.2) is 0 Å². The minimum absolute atomic E-state index is 0.185. The summed E-state index contributed by atoms with van der Waals surface area (Å²) < 4.78 is 0. The van der Waals surface area contributed by atoms with Crippen LogP contribution in [0, 0.1) is 11.8 Å². The Morgan fingerprint density at radius 2 is 1.91 bits per heavy atom. The minimum atomic E-state index is -0.385. The van der Waals surface area contributed by atoms with Crippen LogP contribution in [0.1, 0.15) is 31.2 Å².